The van der Waals surface area contributed by atoms with Gasteiger partial charge in [-0.15, -0.1) is 0 Å². The Kier molecular flexibility index (Phi) is 37.2. The summed E-state index contributed by atoms with van der Waals surface area (Å²) < 4.78 is 0. The molecule has 1 aliphatic rings. The Morgan fingerprint density at radius 1 is 0.346 bits per heavy atom. The summed E-state index contributed by atoms with van der Waals surface area (Å²) in [6, 6.07) is 0. The van der Waals surface area contributed by atoms with Crippen molar-refractivity contribution >= 4 is 11.8 Å². The third kappa shape index (κ3) is 34.6. The number of nitrogens with zero attached hydrogens (tertiary/aromatic N) is 2. The third-order valence-electron chi connectivity index (χ3n) is 11.5. The van der Waals surface area contributed by atoms with Gasteiger partial charge in [0.15, 0.2) is 0 Å². The van der Waals surface area contributed by atoms with Crippen LogP contribution in [0.25, 0.3) is 0 Å². The summed E-state index contributed by atoms with van der Waals surface area (Å²) in [6.45, 7) is 11.9. The summed E-state index contributed by atoms with van der Waals surface area (Å²) in [6.07, 6.45) is 45.2. The topological polar surface area (TPSA) is 64.7 Å². The molecule has 1 fully saturated rings. The van der Waals surface area contributed by atoms with E-state index in [9.17, 15) is 9.59 Å². The van der Waals surface area contributed by atoms with Crippen LogP contribution < -0.4 is 10.6 Å². The van der Waals surface area contributed by atoms with Crippen molar-refractivity contribution < 1.29 is 9.59 Å². The molecule has 1 saturated heterocycles. The van der Waals surface area contributed by atoms with E-state index < -0.39 is 0 Å². The molecule has 0 saturated carbocycles. The lowest BCUT2D eigenvalue weighted by Crippen LogP contribution is -2.48. The number of amides is 2. The number of hydrogen-bond donors (Lipinski definition) is 2. The fourth-order valence-corrected chi connectivity index (χ4v) is 7.73. The van der Waals surface area contributed by atoms with Crippen LogP contribution in [0.15, 0.2) is 0 Å². The molecule has 1 heterocycles. The molecular weight excluding hydrogens is 641 g/mol. The molecule has 0 atom stereocenters. The van der Waals surface area contributed by atoms with E-state index in [0.29, 0.717) is 12.8 Å². The lowest BCUT2D eigenvalue weighted by atomic mass is 10.0. The van der Waals surface area contributed by atoms with Crippen molar-refractivity contribution in [2.24, 2.45) is 0 Å². The Bertz CT molecular complexity index is 693. The molecule has 308 valence electrons. The van der Waals surface area contributed by atoms with E-state index in [1.807, 2.05) is 0 Å². The predicted molar refractivity (Wildman–Crippen MR) is 227 cm³/mol. The first-order chi connectivity index (χ1) is 25.7. The fraction of sp³-hybridized carbons (Fsp3) is 0.957. The van der Waals surface area contributed by atoms with Gasteiger partial charge in [-0.05, 0) is 12.8 Å². The van der Waals surface area contributed by atoms with Gasteiger partial charge in [-0.25, -0.2) is 0 Å². The second kappa shape index (κ2) is 39.6. The summed E-state index contributed by atoms with van der Waals surface area (Å²) in [4.78, 5) is 29.5. The maximum atomic E-state index is 12.4. The number of hydrogen-bond acceptors (Lipinski definition) is 4. The second-order valence-corrected chi connectivity index (χ2v) is 16.5. The number of piperazine rings is 1. The molecule has 1 aliphatic heterocycles. The van der Waals surface area contributed by atoms with Crippen LogP contribution in [0.5, 0.6) is 0 Å². The number of nitrogens with one attached hydrogen (secondary N) is 2. The van der Waals surface area contributed by atoms with Gasteiger partial charge in [-0.2, -0.15) is 0 Å². The van der Waals surface area contributed by atoms with E-state index >= 15 is 0 Å². The third-order valence-corrected chi connectivity index (χ3v) is 11.5. The number of carbonyl (C=O) groups excluding carboxylic acids is 2. The molecule has 2 amide bonds. The molecule has 52 heavy (non-hydrogen) atoms. The van der Waals surface area contributed by atoms with E-state index in [1.54, 1.807) is 0 Å². The molecule has 0 unspecified atom stereocenters. The number of carbonyl (C=O) groups is 2. The minimum Gasteiger partial charge on any atom is -0.356 e. The monoisotopic (exact) mass is 733 g/mol. The highest BCUT2D eigenvalue weighted by atomic mass is 16.2. The van der Waals surface area contributed by atoms with Gasteiger partial charge in [0.05, 0.1) is 0 Å². The minimum absolute atomic E-state index is 0.199. The lowest BCUT2D eigenvalue weighted by molar-refractivity contribution is -0.122. The zero-order valence-corrected chi connectivity index (χ0v) is 35.4. The molecule has 6 nitrogen and oxygen atoms in total. The van der Waals surface area contributed by atoms with Gasteiger partial charge < -0.3 is 20.4 Å². The van der Waals surface area contributed by atoms with Gasteiger partial charge in [0.25, 0.3) is 0 Å². The molecule has 0 aromatic rings. The van der Waals surface area contributed by atoms with Crippen LogP contribution in [0, 0.1) is 0 Å². The molecule has 0 bridgehead atoms. The van der Waals surface area contributed by atoms with Crippen LogP contribution in [0.4, 0.5) is 0 Å². The van der Waals surface area contributed by atoms with Crippen molar-refractivity contribution in [2.75, 3.05) is 52.4 Å². The van der Waals surface area contributed by atoms with Gasteiger partial charge in [0.1, 0.15) is 0 Å². The standard InChI is InChI=1S/C46H92N4O2/c1-3-5-7-9-11-13-15-17-19-21-23-25-27-29-31-33-37-47-45(51)35-39-49-41-43-50(44-42-49)40-36-46(52)48-38-34-32-30-28-26-24-22-20-18-16-14-12-10-8-6-4-2/h3-44H2,1-2H3,(H,47,51)(H,48,52). The fourth-order valence-electron chi connectivity index (χ4n) is 7.73. The van der Waals surface area contributed by atoms with Crippen molar-refractivity contribution in [1.29, 1.82) is 0 Å². The second-order valence-electron chi connectivity index (χ2n) is 16.5. The summed E-state index contributed by atoms with van der Waals surface area (Å²) >= 11 is 0. The van der Waals surface area contributed by atoms with Crippen LogP contribution in [0.3, 0.4) is 0 Å². The average molecular weight is 733 g/mol. The number of unbranched alkanes of at least 4 members (excludes halogenated alkanes) is 30. The lowest BCUT2D eigenvalue weighted by Gasteiger charge is -2.34. The van der Waals surface area contributed by atoms with Crippen LogP contribution >= 0.6 is 0 Å². The van der Waals surface area contributed by atoms with Gasteiger partial charge in [0.2, 0.25) is 11.8 Å². The van der Waals surface area contributed by atoms with Crippen molar-refractivity contribution in [3.63, 3.8) is 0 Å². The molecule has 0 radical (unpaired) electrons. The summed E-state index contributed by atoms with van der Waals surface area (Å²) in [5, 5.41) is 6.29. The highest BCUT2D eigenvalue weighted by Crippen LogP contribution is 2.15. The Labute approximate surface area is 325 Å². The summed E-state index contributed by atoms with van der Waals surface area (Å²) in [5.74, 6) is 0.397. The van der Waals surface area contributed by atoms with Gasteiger partial charge >= 0.3 is 0 Å². The van der Waals surface area contributed by atoms with Crippen molar-refractivity contribution in [3.05, 3.63) is 0 Å². The van der Waals surface area contributed by atoms with Crippen LogP contribution in [-0.4, -0.2) is 74.0 Å². The highest BCUT2D eigenvalue weighted by molar-refractivity contribution is 5.76. The largest absolute Gasteiger partial charge is 0.356 e. The molecule has 0 aliphatic carbocycles. The summed E-state index contributed by atoms with van der Waals surface area (Å²) in [5.41, 5.74) is 0. The zero-order chi connectivity index (χ0) is 37.4. The number of rotatable bonds is 40. The average Bonchev–Trinajstić information content (AvgIpc) is 3.16. The van der Waals surface area contributed by atoms with Gasteiger partial charge in [-0.1, -0.05) is 206 Å². The van der Waals surface area contributed by atoms with Crippen molar-refractivity contribution in [2.45, 2.75) is 232 Å². The molecule has 6 heteroatoms. The van der Waals surface area contributed by atoms with E-state index in [-0.39, 0.29) is 11.8 Å². The van der Waals surface area contributed by atoms with E-state index in [2.05, 4.69) is 34.3 Å². The van der Waals surface area contributed by atoms with Crippen molar-refractivity contribution in [3.8, 4) is 0 Å². The first-order valence-corrected chi connectivity index (χ1v) is 23.6. The highest BCUT2D eigenvalue weighted by Gasteiger charge is 2.18. The van der Waals surface area contributed by atoms with Crippen LogP contribution in [0.1, 0.15) is 232 Å². The smallest absolute Gasteiger partial charge is 0.221 e. The molecular formula is C46H92N4O2. The molecule has 2 N–H and O–H groups in total. The SMILES string of the molecule is CCCCCCCCCCCCCCCCCCNC(=O)CCN1CCN(CCC(=O)NCCCCCCCCCCCCCCCCCC)CC1. The first-order valence-electron chi connectivity index (χ1n) is 23.6. The summed E-state index contributed by atoms with van der Waals surface area (Å²) in [7, 11) is 0. The van der Waals surface area contributed by atoms with E-state index in [4.69, 9.17) is 0 Å². The quantitative estimate of drug-likeness (QED) is 0.0616. The Morgan fingerprint density at radius 3 is 0.788 bits per heavy atom. The minimum atomic E-state index is 0.199. The molecule has 0 spiro atoms. The van der Waals surface area contributed by atoms with Gasteiger partial charge in [0, 0.05) is 65.2 Å². The normalized spacial score (nSPS) is 13.9. The van der Waals surface area contributed by atoms with Crippen LogP contribution in [-0.2, 0) is 9.59 Å². The zero-order valence-electron chi connectivity index (χ0n) is 35.4. The molecule has 0 aromatic carbocycles. The molecule has 0 aromatic heterocycles. The van der Waals surface area contributed by atoms with Gasteiger partial charge in [-0.3, -0.25) is 9.59 Å². The maximum absolute atomic E-state index is 12.4. The van der Waals surface area contributed by atoms with E-state index in [1.165, 1.54) is 193 Å². The maximum Gasteiger partial charge on any atom is 0.221 e. The first kappa shape index (κ1) is 48.9. The van der Waals surface area contributed by atoms with Crippen LogP contribution in [0.2, 0.25) is 0 Å². The molecule has 1 rings (SSSR count). The predicted octanol–water partition coefficient (Wildman–Crippen LogP) is 12.1. The van der Waals surface area contributed by atoms with E-state index in [0.717, 1.165) is 65.2 Å². The Balaban J connectivity index is 1.81. The Hall–Kier alpha value is -1.14. The Morgan fingerprint density at radius 2 is 0.558 bits per heavy atom. The van der Waals surface area contributed by atoms with Crippen molar-refractivity contribution in [1.82, 2.24) is 20.4 Å².